The summed E-state index contributed by atoms with van der Waals surface area (Å²) < 4.78 is 67.3. The summed E-state index contributed by atoms with van der Waals surface area (Å²) in [5, 5.41) is 0. The Balaban J connectivity index is 1.75. The maximum absolute atomic E-state index is 13.2. The SMILES string of the molecule is O=C1CCc2cc(S(=O)(=O)Nc3ccccc3C(F)(F)F)cc3c2N1CCC3. The molecule has 0 saturated carbocycles. The Labute approximate surface area is 160 Å². The summed E-state index contributed by atoms with van der Waals surface area (Å²) >= 11 is 0. The van der Waals surface area contributed by atoms with E-state index in [1.807, 2.05) is 0 Å². The van der Waals surface area contributed by atoms with Gasteiger partial charge in [-0.3, -0.25) is 9.52 Å². The molecule has 0 unspecified atom stereocenters. The van der Waals surface area contributed by atoms with Crippen LogP contribution >= 0.6 is 0 Å². The fourth-order valence-corrected chi connectivity index (χ4v) is 4.98. The van der Waals surface area contributed by atoms with Crippen LogP contribution < -0.4 is 9.62 Å². The molecule has 0 bridgehead atoms. The molecule has 0 spiro atoms. The smallest absolute Gasteiger partial charge is 0.312 e. The van der Waals surface area contributed by atoms with E-state index >= 15 is 0 Å². The van der Waals surface area contributed by atoms with Crippen LogP contribution in [0.4, 0.5) is 24.5 Å². The molecular formula is C19H17F3N2O3S. The van der Waals surface area contributed by atoms with E-state index in [9.17, 15) is 26.4 Å². The Morgan fingerprint density at radius 3 is 2.39 bits per heavy atom. The van der Waals surface area contributed by atoms with Crippen molar-refractivity contribution in [3.8, 4) is 0 Å². The van der Waals surface area contributed by atoms with Crippen LogP contribution in [0.5, 0.6) is 0 Å². The van der Waals surface area contributed by atoms with Gasteiger partial charge in [-0.25, -0.2) is 8.42 Å². The molecule has 2 aromatic carbocycles. The standard InChI is InChI=1S/C19H17F3N2O3S/c20-19(21,22)15-5-1-2-6-16(15)23-28(26,27)14-10-12-4-3-9-24-17(25)8-7-13(11-14)18(12)24/h1-2,5-6,10-11,23H,3-4,7-9H2. The molecule has 1 N–H and O–H groups in total. The molecule has 5 nitrogen and oxygen atoms in total. The lowest BCUT2D eigenvalue weighted by atomic mass is 9.92. The molecule has 0 radical (unpaired) electrons. The van der Waals surface area contributed by atoms with Crippen LogP contribution in [0.15, 0.2) is 41.3 Å². The largest absolute Gasteiger partial charge is 0.418 e. The molecule has 148 valence electrons. The van der Waals surface area contributed by atoms with Crippen molar-refractivity contribution in [3.05, 3.63) is 53.1 Å². The molecular weight excluding hydrogens is 393 g/mol. The maximum Gasteiger partial charge on any atom is 0.418 e. The highest BCUT2D eigenvalue weighted by Crippen LogP contribution is 2.39. The molecule has 2 aliphatic rings. The van der Waals surface area contributed by atoms with Crippen molar-refractivity contribution in [2.24, 2.45) is 0 Å². The minimum atomic E-state index is -4.68. The second-order valence-electron chi connectivity index (χ2n) is 6.89. The monoisotopic (exact) mass is 410 g/mol. The average molecular weight is 410 g/mol. The number of carbonyl (C=O) groups is 1. The van der Waals surface area contributed by atoms with Crippen LogP contribution in [0.25, 0.3) is 0 Å². The van der Waals surface area contributed by atoms with E-state index in [0.717, 1.165) is 28.9 Å². The van der Waals surface area contributed by atoms with Gasteiger partial charge in [-0.05, 0) is 54.7 Å². The van der Waals surface area contributed by atoms with Crippen LogP contribution in [0.1, 0.15) is 29.5 Å². The number of halogens is 3. The van der Waals surface area contributed by atoms with Crippen LogP contribution in [0.3, 0.4) is 0 Å². The number of para-hydroxylation sites is 1. The molecule has 0 aliphatic carbocycles. The first kappa shape index (κ1) is 18.8. The zero-order chi connectivity index (χ0) is 20.1. The third-order valence-corrected chi connectivity index (χ3v) is 6.38. The van der Waals surface area contributed by atoms with Gasteiger partial charge in [0, 0.05) is 13.0 Å². The molecule has 0 saturated heterocycles. The molecule has 2 aromatic rings. The number of nitrogens with one attached hydrogen (secondary N) is 1. The average Bonchev–Trinajstić information content (AvgIpc) is 2.64. The summed E-state index contributed by atoms with van der Waals surface area (Å²) in [7, 11) is -4.22. The maximum atomic E-state index is 13.2. The Morgan fingerprint density at radius 1 is 1.00 bits per heavy atom. The Morgan fingerprint density at radius 2 is 1.68 bits per heavy atom. The number of sulfonamides is 1. The number of amides is 1. The van der Waals surface area contributed by atoms with Crippen molar-refractivity contribution in [1.29, 1.82) is 0 Å². The van der Waals surface area contributed by atoms with Gasteiger partial charge in [-0.2, -0.15) is 13.2 Å². The molecule has 4 rings (SSSR count). The number of hydrogen-bond donors (Lipinski definition) is 1. The van der Waals surface area contributed by atoms with Crippen molar-refractivity contribution in [2.75, 3.05) is 16.2 Å². The van der Waals surface area contributed by atoms with Gasteiger partial charge in [0.05, 0.1) is 21.8 Å². The first-order chi connectivity index (χ1) is 13.2. The number of rotatable bonds is 3. The van der Waals surface area contributed by atoms with E-state index in [2.05, 4.69) is 4.72 Å². The van der Waals surface area contributed by atoms with Gasteiger partial charge < -0.3 is 4.90 Å². The number of benzene rings is 2. The van der Waals surface area contributed by atoms with Crippen molar-refractivity contribution in [1.82, 2.24) is 0 Å². The second-order valence-corrected chi connectivity index (χ2v) is 8.57. The number of hydrogen-bond acceptors (Lipinski definition) is 3. The zero-order valence-corrected chi connectivity index (χ0v) is 15.5. The van der Waals surface area contributed by atoms with E-state index in [-0.39, 0.29) is 10.8 Å². The molecule has 2 aliphatic heterocycles. The topological polar surface area (TPSA) is 66.5 Å². The second kappa shape index (κ2) is 6.51. The number of aryl methyl sites for hydroxylation is 2. The number of anilines is 2. The van der Waals surface area contributed by atoms with E-state index < -0.39 is 27.5 Å². The zero-order valence-electron chi connectivity index (χ0n) is 14.7. The summed E-state index contributed by atoms with van der Waals surface area (Å²) in [6, 6.07) is 7.38. The predicted octanol–water partition coefficient (Wildman–Crippen LogP) is 3.73. The Bertz CT molecular complexity index is 1050. The fraction of sp³-hybridized carbons (Fsp3) is 0.316. The van der Waals surface area contributed by atoms with E-state index in [1.165, 1.54) is 24.3 Å². The summed E-state index contributed by atoms with van der Waals surface area (Å²) in [4.78, 5) is 13.7. The van der Waals surface area contributed by atoms with Crippen LogP contribution in [0, 0.1) is 0 Å². The number of alkyl halides is 3. The molecule has 0 fully saturated rings. The molecule has 28 heavy (non-hydrogen) atoms. The lowest BCUT2D eigenvalue weighted by molar-refractivity contribution is -0.136. The van der Waals surface area contributed by atoms with E-state index in [4.69, 9.17) is 0 Å². The van der Waals surface area contributed by atoms with Crippen LogP contribution in [-0.4, -0.2) is 20.9 Å². The van der Waals surface area contributed by atoms with Gasteiger partial charge in [-0.1, -0.05) is 12.1 Å². The Hall–Kier alpha value is -2.55. The van der Waals surface area contributed by atoms with E-state index in [1.54, 1.807) is 4.90 Å². The van der Waals surface area contributed by atoms with Gasteiger partial charge in [0.25, 0.3) is 10.0 Å². The van der Waals surface area contributed by atoms with Gasteiger partial charge in [-0.15, -0.1) is 0 Å². The molecule has 1 amide bonds. The Kier molecular flexibility index (Phi) is 4.37. The fourth-order valence-electron chi connectivity index (χ4n) is 3.80. The van der Waals surface area contributed by atoms with Crippen molar-refractivity contribution >= 4 is 27.3 Å². The highest BCUT2D eigenvalue weighted by molar-refractivity contribution is 7.92. The van der Waals surface area contributed by atoms with Crippen LogP contribution in [0.2, 0.25) is 0 Å². The highest BCUT2D eigenvalue weighted by atomic mass is 32.2. The summed E-state index contributed by atoms with van der Waals surface area (Å²) in [6.07, 6.45) is -2.64. The predicted molar refractivity (Wildman–Crippen MR) is 97.7 cm³/mol. The first-order valence-electron chi connectivity index (χ1n) is 8.82. The third-order valence-electron chi connectivity index (χ3n) is 5.04. The highest BCUT2D eigenvalue weighted by Gasteiger charge is 2.35. The van der Waals surface area contributed by atoms with E-state index in [0.29, 0.717) is 32.2 Å². The molecule has 9 heteroatoms. The minimum Gasteiger partial charge on any atom is -0.312 e. The van der Waals surface area contributed by atoms with Gasteiger partial charge in [0.1, 0.15) is 0 Å². The molecule has 2 heterocycles. The number of carbonyl (C=O) groups excluding carboxylic acids is 1. The summed E-state index contributed by atoms with van der Waals surface area (Å²) in [5.74, 6) is 0.0151. The first-order valence-corrected chi connectivity index (χ1v) is 10.3. The summed E-state index contributed by atoms with van der Waals surface area (Å²) in [6.45, 7) is 0.599. The molecule has 0 atom stereocenters. The van der Waals surface area contributed by atoms with Crippen LogP contribution in [-0.2, 0) is 33.8 Å². The summed E-state index contributed by atoms with van der Waals surface area (Å²) in [5.41, 5.74) is 0.674. The lowest BCUT2D eigenvalue weighted by Gasteiger charge is -2.35. The third kappa shape index (κ3) is 3.23. The normalized spacial score (nSPS) is 16.7. The van der Waals surface area contributed by atoms with Gasteiger partial charge in [0.2, 0.25) is 5.91 Å². The van der Waals surface area contributed by atoms with Crippen molar-refractivity contribution < 1.29 is 26.4 Å². The lowest BCUT2D eigenvalue weighted by Crippen LogP contribution is -2.39. The quantitative estimate of drug-likeness (QED) is 0.839. The van der Waals surface area contributed by atoms with Gasteiger partial charge in [0.15, 0.2) is 0 Å². The molecule has 0 aromatic heterocycles. The number of nitrogens with zero attached hydrogens (tertiary/aromatic N) is 1. The van der Waals surface area contributed by atoms with Crippen molar-refractivity contribution in [2.45, 2.75) is 36.8 Å². The minimum absolute atomic E-state index is 0.0151. The van der Waals surface area contributed by atoms with Gasteiger partial charge >= 0.3 is 6.18 Å². The van der Waals surface area contributed by atoms with Crippen molar-refractivity contribution in [3.63, 3.8) is 0 Å².